The van der Waals surface area contributed by atoms with E-state index in [9.17, 15) is 14.7 Å². The van der Waals surface area contributed by atoms with Gasteiger partial charge in [-0.05, 0) is 29.2 Å². The largest absolute Gasteiger partial charge is 0.478 e. The number of carboxylic acids is 1. The van der Waals surface area contributed by atoms with Gasteiger partial charge in [-0.25, -0.2) is 4.79 Å². The Morgan fingerprint density at radius 2 is 1.74 bits per heavy atom. The summed E-state index contributed by atoms with van der Waals surface area (Å²) >= 11 is 0. The molecule has 2 aromatic rings. The van der Waals surface area contributed by atoms with Crippen LogP contribution in [0.1, 0.15) is 42.1 Å². The van der Waals surface area contributed by atoms with Crippen molar-refractivity contribution in [3.05, 3.63) is 59.7 Å². The zero-order chi connectivity index (χ0) is 16.7. The van der Waals surface area contributed by atoms with Gasteiger partial charge in [0.25, 0.3) is 0 Å². The molecule has 0 aliphatic heterocycles. The van der Waals surface area contributed by atoms with Crippen molar-refractivity contribution in [2.45, 2.75) is 32.7 Å². The fourth-order valence-corrected chi connectivity index (χ4v) is 2.35. The highest BCUT2D eigenvalue weighted by Crippen LogP contribution is 2.24. The molecule has 0 atom stereocenters. The normalized spacial score (nSPS) is 10.3. The standard InChI is InChI=1S/C19H21NO3/c1-2-3-8-18(21)20-13-14-9-11-15(12-10-14)16-6-4-5-7-17(16)19(22)23/h4-7,9-12H,2-3,8,13H2,1H3,(H,20,21)(H,22,23). The Balaban J connectivity index is 2.05. The number of hydrogen-bond acceptors (Lipinski definition) is 2. The summed E-state index contributed by atoms with van der Waals surface area (Å²) in [5.74, 6) is -0.875. The minimum atomic E-state index is -0.937. The summed E-state index contributed by atoms with van der Waals surface area (Å²) in [6.45, 7) is 2.55. The number of hydrogen-bond donors (Lipinski definition) is 2. The van der Waals surface area contributed by atoms with Crippen LogP contribution < -0.4 is 5.32 Å². The minimum Gasteiger partial charge on any atom is -0.478 e. The number of carboxylic acid groups (broad SMARTS) is 1. The van der Waals surface area contributed by atoms with Gasteiger partial charge < -0.3 is 10.4 Å². The molecule has 2 aromatic carbocycles. The second-order valence-electron chi connectivity index (χ2n) is 5.43. The topological polar surface area (TPSA) is 66.4 Å². The van der Waals surface area contributed by atoms with E-state index in [4.69, 9.17) is 0 Å². The van der Waals surface area contributed by atoms with E-state index in [1.165, 1.54) is 0 Å². The molecule has 120 valence electrons. The van der Waals surface area contributed by atoms with Crippen LogP contribution in [0.25, 0.3) is 11.1 Å². The predicted octanol–water partition coefficient (Wildman–Crippen LogP) is 3.86. The van der Waals surface area contributed by atoms with Crippen LogP contribution in [0.15, 0.2) is 48.5 Å². The average Bonchev–Trinajstić information content (AvgIpc) is 2.58. The van der Waals surface area contributed by atoms with Gasteiger partial charge in [0.1, 0.15) is 0 Å². The van der Waals surface area contributed by atoms with Gasteiger partial charge in [-0.15, -0.1) is 0 Å². The number of amides is 1. The van der Waals surface area contributed by atoms with Gasteiger partial charge in [-0.3, -0.25) is 4.79 Å². The second kappa shape index (κ2) is 8.13. The van der Waals surface area contributed by atoms with Gasteiger partial charge in [-0.1, -0.05) is 55.8 Å². The van der Waals surface area contributed by atoms with Gasteiger partial charge in [0, 0.05) is 13.0 Å². The molecule has 0 saturated heterocycles. The van der Waals surface area contributed by atoms with Crippen LogP contribution in [0.4, 0.5) is 0 Å². The highest BCUT2D eigenvalue weighted by Gasteiger charge is 2.10. The van der Waals surface area contributed by atoms with Crippen LogP contribution in [0, 0.1) is 0 Å². The molecule has 1 amide bonds. The fraction of sp³-hybridized carbons (Fsp3) is 0.263. The Morgan fingerprint density at radius 1 is 1.04 bits per heavy atom. The van der Waals surface area contributed by atoms with Gasteiger partial charge in [0.05, 0.1) is 5.56 Å². The summed E-state index contributed by atoms with van der Waals surface area (Å²) in [5, 5.41) is 12.1. The third kappa shape index (κ3) is 4.68. The molecule has 0 radical (unpaired) electrons. The van der Waals surface area contributed by atoms with Gasteiger partial charge >= 0.3 is 5.97 Å². The number of rotatable bonds is 7. The van der Waals surface area contributed by atoms with Gasteiger partial charge in [-0.2, -0.15) is 0 Å². The van der Waals surface area contributed by atoms with E-state index in [2.05, 4.69) is 12.2 Å². The SMILES string of the molecule is CCCCC(=O)NCc1ccc(-c2ccccc2C(=O)O)cc1. The zero-order valence-electron chi connectivity index (χ0n) is 13.2. The van der Waals surface area contributed by atoms with Crippen molar-refractivity contribution in [3.8, 4) is 11.1 Å². The van der Waals surface area contributed by atoms with Crippen LogP contribution in [-0.4, -0.2) is 17.0 Å². The average molecular weight is 311 g/mol. The lowest BCUT2D eigenvalue weighted by molar-refractivity contribution is -0.121. The first kappa shape index (κ1) is 16.7. The first-order chi connectivity index (χ1) is 11.1. The highest BCUT2D eigenvalue weighted by molar-refractivity contribution is 5.95. The van der Waals surface area contributed by atoms with Gasteiger partial charge in [0.15, 0.2) is 0 Å². The first-order valence-electron chi connectivity index (χ1n) is 7.80. The summed E-state index contributed by atoms with van der Waals surface area (Å²) in [7, 11) is 0. The number of aromatic carboxylic acids is 1. The Morgan fingerprint density at radius 3 is 2.39 bits per heavy atom. The molecule has 0 bridgehead atoms. The smallest absolute Gasteiger partial charge is 0.336 e. The lowest BCUT2D eigenvalue weighted by Gasteiger charge is -2.08. The van der Waals surface area contributed by atoms with Gasteiger partial charge in [0.2, 0.25) is 5.91 Å². The van der Waals surface area contributed by atoms with Crippen LogP contribution in [0.5, 0.6) is 0 Å². The number of benzene rings is 2. The van der Waals surface area contributed by atoms with E-state index in [1.807, 2.05) is 30.3 Å². The van der Waals surface area contributed by atoms with Crippen LogP contribution in [-0.2, 0) is 11.3 Å². The molecule has 0 aromatic heterocycles. The van der Waals surface area contributed by atoms with Crippen LogP contribution in [0.2, 0.25) is 0 Å². The van der Waals surface area contributed by atoms with Crippen LogP contribution >= 0.6 is 0 Å². The second-order valence-corrected chi connectivity index (χ2v) is 5.43. The lowest BCUT2D eigenvalue weighted by Crippen LogP contribution is -2.22. The predicted molar refractivity (Wildman–Crippen MR) is 90.2 cm³/mol. The Kier molecular flexibility index (Phi) is 5.92. The molecule has 2 rings (SSSR count). The molecule has 23 heavy (non-hydrogen) atoms. The highest BCUT2D eigenvalue weighted by atomic mass is 16.4. The van der Waals surface area contributed by atoms with Crippen molar-refractivity contribution in [3.63, 3.8) is 0 Å². The molecule has 0 saturated carbocycles. The van der Waals surface area contributed by atoms with Crippen molar-refractivity contribution in [2.75, 3.05) is 0 Å². The monoisotopic (exact) mass is 311 g/mol. The molecule has 4 heteroatoms. The molecule has 0 heterocycles. The third-order valence-corrected chi connectivity index (χ3v) is 3.67. The number of nitrogens with one attached hydrogen (secondary N) is 1. The maximum atomic E-state index is 11.6. The molecule has 0 spiro atoms. The Bertz CT molecular complexity index is 677. The number of unbranched alkanes of at least 4 members (excludes halogenated alkanes) is 1. The maximum Gasteiger partial charge on any atom is 0.336 e. The third-order valence-electron chi connectivity index (χ3n) is 3.67. The van der Waals surface area contributed by atoms with E-state index in [0.29, 0.717) is 18.5 Å². The summed E-state index contributed by atoms with van der Waals surface area (Å²) < 4.78 is 0. The number of carbonyl (C=O) groups excluding carboxylic acids is 1. The molecular formula is C19H21NO3. The summed E-state index contributed by atoms with van der Waals surface area (Å²) in [5.41, 5.74) is 2.82. The molecule has 0 unspecified atom stereocenters. The quantitative estimate of drug-likeness (QED) is 0.816. The molecule has 0 fully saturated rings. The van der Waals surface area contributed by atoms with E-state index in [-0.39, 0.29) is 11.5 Å². The zero-order valence-corrected chi connectivity index (χ0v) is 13.2. The molecule has 0 aliphatic rings. The van der Waals surface area contributed by atoms with E-state index < -0.39 is 5.97 Å². The van der Waals surface area contributed by atoms with Crippen molar-refractivity contribution >= 4 is 11.9 Å². The van der Waals surface area contributed by atoms with E-state index in [1.54, 1.807) is 18.2 Å². The summed E-state index contributed by atoms with van der Waals surface area (Å²) in [6.07, 6.45) is 2.46. The van der Waals surface area contributed by atoms with Crippen molar-refractivity contribution < 1.29 is 14.7 Å². The van der Waals surface area contributed by atoms with Crippen molar-refractivity contribution in [1.82, 2.24) is 5.32 Å². The lowest BCUT2D eigenvalue weighted by atomic mass is 9.99. The molecular weight excluding hydrogens is 290 g/mol. The molecule has 2 N–H and O–H groups in total. The fourth-order valence-electron chi connectivity index (χ4n) is 2.35. The van der Waals surface area contributed by atoms with Crippen molar-refractivity contribution in [1.29, 1.82) is 0 Å². The van der Waals surface area contributed by atoms with E-state index in [0.717, 1.165) is 24.0 Å². The molecule has 4 nitrogen and oxygen atoms in total. The Hall–Kier alpha value is -2.62. The molecule has 0 aliphatic carbocycles. The summed E-state index contributed by atoms with van der Waals surface area (Å²) in [4.78, 5) is 22.9. The van der Waals surface area contributed by atoms with E-state index >= 15 is 0 Å². The van der Waals surface area contributed by atoms with Crippen LogP contribution in [0.3, 0.4) is 0 Å². The Labute approximate surface area is 136 Å². The van der Waals surface area contributed by atoms with Crippen molar-refractivity contribution in [2.24, 2.45) is 0 Å². The maximum absolute atomic E-state index is 11.6. The summed E-state index contributed by atoms with van der Waals surface area (Å²) in [6, 6.07) is 14.5. The number of carbonyl (C=O) groups is 2. The first-order valence-corrected chi connectivity index (χ1v) is 7.80. The minimum absolute atomic E-state index is 0.0622.